The van der Waals surface area contributed by atoms with Gasteiger partial charge in [0.1, 0.15) is 12.4 Å². The number of nitrogen functional groups attached to an aromatic ring is 1. The first-order chi connectivity index (χ1) is 10.4. The molecule has 0 amide bonds. The van der Waals surface area contributed by atoms with Crippen LogP contribution in [0.25, 0.3) is 0 Å². The standard InChI is InChI=1S/C14H10ClFN2O4/c15-12-5-9(16)2-1-8(12)7-22-14(19)11-6-10(18(20)21)3-4-13(11)17/h1-6H,7,17H2. The van der Waals surface area contributed by atoms with Crippen LogP contribution in [-0.2, 0) is 11.3 Å². The van der Waals surface area contributed by atoms with Crippen LogP contribution in [0.2, 0.25) is 5.02 Å². The molecule has 8 heteroatoms. The number of carbonyl (C=O) groups is 1. The molecule has 0 bridgehead atoms. The minimum Gasteiger partial charge on any atom is -0.457 e. The Hall–Kier alpha value is -2.67. The summed E-state index contributed by atoms with van der Waals surface area (Å²) in [6.07, 6.45) is 0. The largest absolute Gasteiger partial charge is 0.457 e. The number of benzene rings is 2. The zero-order valence-corrected chi connectivity index (χ0v) is 11.8. The summed E-state index contributed by atoms with van der Waals surface area (Å²) in [5, 5.41) is 10.8. The van der Waals surface area contributed by atoms with E-state index in [0.29, 0.717) is 5.56 Å². The average molecular weight is 325 g/mol. The maximum Gasteiger partial charge on any atom is 0.340 e. The molecule has 22 heavy (non-hydrogen) atoms. The molecular formula is C14H10ClFN2O4. The van der Waals surface area contributed by atoms with Crippen molar-refractivity contribution in [1.29, 1.82) is 0 Å². The third-order valence-electron chi connectivity index (χ3n) is 2.84. The Kier molecular flexibility index (Phi) is 4.57. The summed E-state index contributed by atoms with van der Waals surface area (Å²) >= 11 is 5.81. The lowest BCUT2D eigenvalue weighted by molar-refractivity contribution is -0.384. The second-order valence-electron chi connectivity index (χ2n) is 4.34. The van der Waals surface area contributed by atoms with Gasteiger partial charge in [-0.25, -0.2) is 9.18 Å². The SMILES string of the molecule is Nc1ccc([N+](=O)[O-])cc1C(=O)OCc1ccc(F)cc1Cl. The molecule has 0 heterocycles. The van der Waals surface area contributed by atoms with Crippen molar-refractivity contribution < 1.29 is 18.8 Å². The Morgan fingerprint density at radius 3 is 2.68 bits per heavy atom. The van der Waals surface area contributed by atoms with Crippen molar-refractivity contribution in [2.45, 2.75) is 6.61 Å². The van der Waals surface area contributed by atoms with Crippen LogP contribution in [0.1, 0.15) is 15.9 Å². The fraction of sp³-hybridized carbons (Fsp3) is 0.0714. The number of halogens is 2. The lowest BCUT2D eigenvalue weighted by atomic mass is 10.1. The van der Waals surface area contributed by atoms with Crippen LogP contribution in [-0.4, -0.2) is 10.9 Å². The Morgan fingerprint density at radius 1 is 1.32 bits per heavy atom. The average Bonchev–Trinajstić information content (AvgIpc) is 2.46. The molecule has 2 N–H and O–H groups in total. The van der Waals surface area contributed by atoms with Crippen molar-refractivity contribution in [3.63, 3.8) is 0 Å². The quantitative estimate of drug-likeness (QED) is 0.403. The molecular weight excluding hydrogens is 315 g/mol. The summed E-state index contributed by atoms with van der Waals surface area (Å²) in [5.41, 5.74) is 5.67. The zero-order chi connectivity index (χ0) is 16.3. The van der Waals surface area contributed by atoms with E-state index in [1.54, 1.807) is 0 Å². The molecule has 0 aliphatic heterocycles. The normalized spacial score (nSPS) is 10.3. The molecule has 0 aliphatic rings. The van der Waals surface area contributed by atoms with Crippen molar-refractivity contribution in [1.82, 2.24) is 0 Å². The van der Waals surface area contributed by atoms with Crippen LogP contribution < -0.4 is 5.73 Å². The van der Waals surface area contributed by atoms with Crippen LogP contribution in [0.15, 0.2) is 36.4 Å². The number of esters is 1. The second-order valence-corrected chi connectivity index (χ2v) is 4.75. The van der Waals surface area contributed by atoms with Gasteiger partial charge < -0.3 is 10.5 Å². The summed E-state index contributed by atoms with van der Waals surface area (Å²) in [6.45, 7) is -0.208. The summed E-state index contributed by atoms with van der Waals surface area (Å²) in [7, 11) is 0. The zero-order valence-electron chi connectivity index (χ0n) is 11.1. The van der Waals surface area contributed by atoms with Gasteiger partial charge in [-0.2, -0.15) is 0 Å². The number of ether oxygens (including phenoxy) is 1. The lowest BCUT2D eigenvalue weighted by Crippen LogP contribution is -2.09. The van der Waals surface area contributed by atoms with E-state index < -0.39 is 16.7 Å². The molecule has 0 unspecified atom stereocenters. The third-order valence-corrected chi connectivity index (χ3v) is 3.19. The van der Waals surface area contributed by atoms with E-state index in [1.807, 2.05) is 0 Å². The molecule has 0 saturated carbocycles. The number of hydrogen-bond donors (Lipinski definition) is 1. The molecule has 0 aliphatic carbocycles. The molecule has 0 spiro atoms. The van der Waals surface area contributed by atoms with E-state index in [4.69, 9.17) is 22.1 Å². The third kappa shape index (κ3) is 3.50. The maximum atomic E-state index is 12.9. The molecule has 2 rings (SSSR count). The lowest BCUT2D eigenvalue weighted by Gasteiger charge is -2.08. The smallest absolute Gasteiger partial charge is 0.340 e. The van der Waals surface area contributed by atoms with Gasteiger partial charge in [-0.15, -0.1) is 0 Å². The maximum absolute atomic E-state index is 12.9. The first-order valence-electron chi connectivity index (χ1n) is 6.03. The van der Waals surface area contributed by atoms with Gasteiger partial charge in [-0.1, -0.05) is 17.7 Å². The Bertz CT molecular complexity index is 752. The van der Waals surface area contributed by atoms with Crippen molar-refractivity contribution in [3.05, 3.63) is 68.5 Å². The molecule has 0 atom stereocenters. The molecule has 6 nitrogen and oxygen atoms in total. The van der Waals surface area contributed by atoms with Gasteiger partial charge in [0.05, 0.1) is 15.5 Å². The summed E-state index contributed by atoms with van der Waals surface area (Å²) in [5.74, 6) is -1.34. The van der Waals surface area contributed by atoms with Crippen LogP contribution in [0.4, 0.5) is 15.8 Å². The van der Waals surface area contributed by atoms with E-state index in [9.17, 15) is 19.3 Å². The van der Waals surface area contributed by atoms with Crippen LogP contribution in [0, 0.1) is 15.9 Å². The molecule has 0 aromatic heterocycles. The predicted octanol–water partition coefficient (Wildman–Crippen LogP) is 3.33. The minimum atomic E-state index is -0.832. The van der Waals surface area contributed by atoms with Gasteiger partial charge in [0.2, 0.25) is 0 Å². The number of carbonyl (C=O) groups excluding carboxylic acids is 1. The number of rotatable bonds is 4. The number of nitrogens with zero attached hydrogens (tertiary/aromatic N) is 1. The second kappa shape index (κ2) is 6.40. The summed E-state index contributed by atoms with van der Waals surface area (Å²) in [4.78, 5) is 22.0. The number of non-ortho nitro benzene ring substituents is 1. The highest BCUT2D eigenvalue weighted by Gasteiger charge is 2.17. The number of hydrogen-bond acceptors (Lipinski definition) is 5. The van der Waals surface area contributed by atoms with E-state index in [1.165, 1.54) is 24.3 Å². The van der Waals surface area contributed by atoms with Crippen molar-refractivity contribution in [2.24, 2.45) is 0 Å². The molecule has 0 fully saturated rings. The van der Waals surface area contributed by atoms with Gasteiger partial charge in [-0.3, -0.25) is 10.1 Å². The monoisotopic (exact) mass is 324 g/mol. The highest BCUT2D eigenvalue weighted by atomic mass is 35.5. The predicted molar refractivity (Wildman–Crippen MR) is 78.0 cm³/mol. The summed E-state index contributed by atoms with van der Waals surface area (Å²) < 4.78 is 17.9. The van der Waals surface area contributed by atoms with E-state index in [-0.39, 0.29) is 28.6 Å². The van der Waals surface area contributed by atoms with Crippen LogP contribution in [0.3, 0.4) is 0 Å². The van der Waals surface area contributed by atoms with Crippen molar-refractivity contribution in [2.75, 3.05) is 5.73 Å². The van der Waals surface area contributed by atoms with E-state index >= 15 is 0 Å². The van der Waals surface area contributed by atoms with Gasteiger partial charge in [0, 0.05) is 23.4 Å². The number of nitrogens with two attached hydrogens (primary N) is 1. The van der Waals surface area contributed by atoms with Crippen molar-refractivity contribution >= 4 is 28.9 Å². The summed E-state index contributed by atoms with van der Waals surface area (Å²) in [6, 6.07) is 7.11. The van der Waals surface area contributed by atoms with Crippen LogP contribution in [0.5, 0.6) is 0 Å². The van der Waals surface area contributed by atoms with Gasteiger partial charge in [0.15, 0.2) is 0 Å². The first kappa shape index (κ1) is 15.7. The number of nitro benzene ring substituents is 1. The first-order valence-corrected chi connectivity index (χ1v) is 6.41. The highest BCUT2D eigenvalue weighted by molar-refractivity contribution is 6.31. The number of anilines is 1. The molecule has 0 radical (unpaired) electrons. The van der Waals surface area contributed by atoms with Gasteiger partial charge in [0.25, 0.3) is 5.69 Å². The van der Waals surface area contributed by atoms with Gasteiger partial charge in [-0.05, 0) is 18.2 Å². The Balaban J connectivity index is 2.15. The minimum absolute atomic E-state index is 0.0563. The fourth-order valence-corrected chi connectivity index (χ4v) is 1.92. The van der Waals surface area contributed by atoms with Crippen LogP contribution >= 0.6 is 11.6 Å². The Morgan fingerprint density at radius 2 is 2.05 bits per heavy atom. The van der Waals surface area contributed by atoms with Gasteiger partial charge >= 0.3 is 5.97 Å². The molecule has 2 aromatic rings. The molecule has 0 saturated heterocycles. The number of nitro groups is 1. The van der Waals surface area contributed by atoms with E-state index in [2.05, 4.69) is 0 Å². The van der Waals surface area contributed by atoms with Crippen molar-refractivity contribution in [3.8, 4) is 0 Å². The highest BCUT2D eigenvalue weighted by Crippen LogP contribution is 2.22. The Labute approximate surface area is 129 Å². The topological polar surface area (TPSA) is 95.5 Å². The fourth-order valence-electron chi connectivity index (χ4n) is 1.69. The molecule has 2 aromatic carbocycles. The molecule has 114 valence electrons. The van der Waals surface area contributed by atoms with E-state index in [0.717, 1.165) is 12.1 Å².